The number of nitrogens with two attached hydrogens (primary N) is 1. The van der Waals surface area contributed by atoms with Gasteiger partial charge in [-0.25, -0.2) is 4.79 Å². The van der Waals surface area contributed by atoms with Crippen molar-refractivity contribution in [1.29, 1.82) is 0 Å². The number of carbonyl (C=O) groups is 1. The Bertz CT molecular complexity index is 713. The second-order valence-corrected chi connectivity index (χ2v) is 10.6. The van der Waals surface area contributed by atoms with Gasteiger partial charge in [-0.2, -0.15) is 0 Å². The summed E-state index contributed by atoms with van der Waals surface area (Å²) in [5.41, 5.74) is 7.36. The first-order valence-corrected chi connectivity index (χ1v) is 12.3. The highest BCUT2D eigenvalue weighted by atomic mass is 16.6. The predicted octanol–water partition coefficient (Wildman–Crippen LogP) is 4.44. The minimum atomic E-state index is -0.530. The number of piperidine rings is 1. The molecule has 2 fully saturated rings. The zero-order chi connectivity index (χ0) is 23.2. The molecule has 0 spiro atoms. The zero-order valence-electron chi connectivity index (χ0n) is 20.4. The van der Waals surface area contributed by atoms with E-state index in [2.05, 4.69) is 35.6 Å². The van der Waals surface area contributed by atoms with E-state index in [1.165, 1.54) is 5.56 Å². The monoisotopic (exact) mass is 445 g/mol. The minimum absolute atomic E-state index is 0.175. The Hall–Kier alpha value is -1.63. The summed E-state index contributed by atoms with van der Waals surface area (Å²) in [7, 11) is 1.94. The van der Waals surface area contributed by atoms with Crippen molar-refractivity contribution in [3.63, 3.8) is 0 Å². The third kappa shape index (κ3) is 6.69. The van der Waals surface area contributed by atoms with Crippen molar-refractivity contribution < 1.29 is 14.3 Å². The van der Waals surface area contributed by atoms with E-state index in [9.17, 15) is 4.79 Å². The maximum absolute atomic E-state index is 13.0. The number of amides is 1. The number of rotatable bonds is 7. The molecule has 3 N–H and O–H groups in total. The average Bonchev–Trinajstić information content (AvgIpc) is 2.76. The van der Waals surface area contributed by atoms with Crippen molar-refractivity contribution in [1.82, 2.24) is 10.2 Å². The van der Waals surface area contributed by atoms with Crippen molar-refractivity contribution in [2.75, 3.05) is 26.7 Å². The quantitative estimate of drug-likeness (QED) is 0.649. The largest absolute Gasteiger partial charge is 0.444 e. The first-order valence-electron chi connectivity index (χ1n) is 12.3. The lowest BCUT2D eigenvalue weighted by Gasteiger charge is -2.48. The molecule has 3 rings (SSSR count). The van der Waals surface area contributed by atoms with Gasteiger partial charge in [0.2, 0.25) is 0 Å². The molecular formula is C26H43N3O3. The summed E-state index contributed by atoms with van der Waals surface area (Å²) in [6.07, 6.45) is 6.91. The number of ether oxygens (including phenoxy) is 2. The van der Waals surface area contributed by atoms with Gasteiger partial charge in [0.25, 0.3) is 0 Å². The summed E-state index contributed by atoms with van der Waals surface area (Å²) in [6.45, 7) is 7.67. The molecule has 2 aliphatic rings. The molecule has 6 heteroatoms. The van der Waals surface area contributed by atoms with Crippen LogP contribution in [0.15, 0.2) is 30.3 Å². The molecule has 1 aliphatic heterocycles. The molecule has 1 amide bonds. The molecule has 0 unspecified atom stereocenters. The van der Waals surface area contributed by atoms with Crippen molar-refractivity contribution in [2.45, 2.75) is 94.9 Å². The van der Waals surface area contributed by atoms with Crippen molar-refractivity contribution in [3.05, 3.63) is 35.9 Å². The van der Waals surface area contributed by atoms with Crippen LogP contribution in [0.5, 0.6) is 0 Å². The number of benzene rings is 1. The molecule has 32 heavy (non-hydrogen) atoms. The summed E-state index contributed by atoms with van der Waals surface area (Å²) >= 11 is 0. The smallest absolute Gasteiger partial charge is 0.410 e. The molecule has 1 aliphatic carbocycles. The number of nitrogens with one attached hydrogen (secondary N) is 1. The lowest BCUT2D eigenvalue weighted by Crippen LogP contribution is -2.66. The van der Waals surface area contributed by atoms with E-state index < -0.39 is 11.1 Å². The summed E-state index contributed by atoms with van der Waals surface area (Å²) in [5.74, 6) is 0.619. The lowest BCUT2D eigenvalue weighted by atomic mass is 9.79. The molecule has 0 aromatic heterocycles. The fourth-order valence-corrected chi connectivity index (χ4v) is 5.17. The number of carbonyl (C=O) groups excluding carboxylic acids is 1. The van der Waals surface area contributed by atoms with E-state index in [0.717, 1.165) is 51.5 Å². The summed E-state index contributed by atoms with van der Waals surface area (Å²) in [6, 6.07) is 10.6. The minimum Gasteiger partial charge on any atom is -0.444 e. The Morgan fingerprint density at radius 2 is 1.88 bits per heavy atom. The Labute approximate surface area is 194 Å². The van der Waals surface area contributed by atoms with Crippen LogP contribution in [-0.4, -0.2) is 61.0 Å². The molecule has 180 valence electrons. The third-order valence-corrected chi connectivity index (χ3v) is 6.98. The Kier molecular flexibility index (Phi) is 8.59. The standard InChI is InChI=1S/C26H43N3O3/c1-25(2,3)32-24(30)29-18-8-15-26(27,16-17-28-4)23(29)19-31-22-13-11-21(12-14-22)20-9-6-5-7-10-20/h5-7,9-10,21-23,28H,8,11-19,27H2,1-4H3/t21?,22?,23-,26+/m0/s1. The zero-order valence-corrected chi connectivity index (χ0v) is 20.4. The van der Waals surface area contributed by atoms with Crippen LogP contribution in [0.25, 0.3) is 0 Å². The molecule has 1 aromatic carbocycles. The Balaban J connectivity index is 1.63. The second kappa shape index (κ2) is 11.0. The lowest BCUT2D eigenvalue weighted by molar-refractivity contribution is -0.0548. The van der Waals surface area contributed by atoms with Crippen LogP contribution in [-0.2, 0) is 9.47 Å². The maximum Gasteiger partial charge on any atom is 0.410 e. The number of nitrogens with zero attached hydrogens (tertiary/aromatic N) is 1. The summed E-state index contributed by atoms with van der Waals surface area (Å²) in [5, 5.41) is 3.21. The molecule has 1 heterocycles. The second-order valence-electron chi connectivity index (χ2n) is 10.6. The highest BCUT2D eigenvalue weighted by Crippen LogP contribution is 2.35. The van der Waals surface area contributed by atoms with Gasteiger partial charge in [-0.3, -0.25) is 0 Å². The summed E-state index contributed by atoms with van der Waals surface area (Å²) < 4.78 is 12.2. The molecule has 6 nitrogen and oxygen atoms in total. The van der Waals surface area contributed by atoms with Gasteiger partial charge < -0.3 is 25.4 Å². The first kappa shape index (κ1) is 25.0. The maximum atomic E-state index is 13.0. The van der Waals surface area contributed by atoms with Gasteiger partial charge in [-0.1, -0.05) is 30.3 Å². The normalized spacial score (nSPS) is 29.0. The van der Waals surface area contributed by atoms with E-state index in [-0.39, 0.29) is 18.2 Å². The molecule has 1 saturated heterocycles. The summed E-state index contributed by atoms with van der Waals surface area (Å²) in [4.78, 5) is 14.8. The predicted molar refractivity (Wildman–Crippen MR) is 129 cm³/mol. The van der Waals surface area contributed by atoms with Crippen molar-refractivity contribution >= 4 is 6.09 Å². The van der Waals surface area contributed by atoms with E-state index in [1.54, 1.807) is 0 Å². The molecule has 0 bridgehead atoms. The van der Waals surface area contributed by atoms with Crippen LogP contribution in [0.1, 0.15) is 77.2 Å². The highest BCUT2D eigenvalue weighted by molar-refractivity contribution is 5.69. The first-order chi connectivity index (χ1) is 15.2. The van der Waals surface area contributed by atoms with E-state index in [1.807, 2.05) is 32.7 Å². The molecule has 1 saturated carbocycles. The highest BCUT2D eigenvalue weighted by Gasteiger charge is 2.45. The van der Waals surface area contributed by atoms with E-state index >= 15 is 0 Å². The molecule has 2 atom stereocenters. The molecule has 0 radical (unpaired) electrons. The van der Waals surface area contributed by atoms with Crippen LogP contribution in [0.4, 0.5) is 4.79 Å². The molecular weight excluding hydrogens is 402 g/mol. The van der Waals surface area contributed by atoms with Crippen LogP contribution >= 0.6 is 0 Å². The van der Waals surface area contributed by atoms with Crippen LogP contribution in [0.3, 0.4) is 0 Å². The average molecular weight is 446 g/mol. The topological polar surface area (TPSA) is 76.8 Å². The van der Waals surface area contributed by atoms with E-state index in [0.29, 0.717) is 19.1 Å². The van der Waals surface area contributed by atoms with Gasteiger partial charge in [0.15, 0.2) is 0 Å². The van der Waals surface area contributed by atoms with Crippen molar-refractivity contribution in [2.24, 2.45) is 5.73 Å². The van der Waals surface area contributed by atoms with Gasteiger partial charge in [0.05, 0.1) is 18.8 Å². The van der Waals surface area contributed by atoms with Crippen LogP contribution in [0, 0.1) is 0 Å². The number of likely N-dealkylation sites (tertiary alicyclic amines) is 1. The van der Waals surface area contributed by atoms with Crippen LogP contribution < -0.4 is 11.1 Å². The van der Waals surface area contributed by atoms with Gasteiger partial charge in [-0.05, 0) is 90.8 Å². The van der Waals surface area contributed by atoms with Gasteiger partial charge in [0.1, 0.15) is 5.60 Å². The Morgan fingerprint density at radius 3 is 2.50 bits per heavy atom. The van der Waals surface area contributed by atoms with Gasteiger partial charge in [-0.15, -0.1) is 0 Å². The van der Waals surface area contributed by atoms with Crippen LogP contribution in [0.2, 0.25) is 0 Å². The fourth-order valence-electron chi connectivity index (χ4n) is 5.17. The van der Waals surface area contributed by atoms with E-state index in [4.69, 9.17) is 15.2 Å². The van der Waals surface area contributed by atoms with Gasteiger partial charge in [0, 0.05) is 12.1 Å². The molecule has 1 aromatic rings. The SMILES string of the molecule is CNCC[C@]1(N)CCCN(C(=O)OC(C)(C)C)[C@H]1COC1CCC(c2ccccc2)CC1. The number of hydrogen-bond donors (Lipinski definition) is 2. The Morgan fingerprint density at radius 1 is 1.19 bits per heavy atom. The third-order valence-electron chi connectivity index (χ3n) is 6.98. The van der Waals surface area contributed by atoms with Crippen molar-refractivity contribution in [3.8, 4) is 0 Å². The fraction of sp³-hybridized carbons (Fsp3) is 0.731. The number of hydrogen-bond acceptors (Lipinski definition) is 5. The van der Waals surface area contributed by atoms with Gasteiger partial charge >= 0.3 is 6.09 Å².